The first-order valence-electron chi connectivity index (χ1n) is 5.63. The monoisotopic (exact) mass is 235 g/mol. The molecule has 0 saturated heterocycles. The number of rotatable bonds is 4. The number of nitrogens with zero attached hydrogens (tertiary/aromatic N) is 1. The fourth-order valence-electron chi connectivity index (χ4n) is 1.66. The van der Waals surface area contributed by atoms with Gasteiger partial charge >= 0.3 is 0 Å². The van der Waals surface area contributed by atoms with Crippen LogP contribution in [0.15, 0.2) is 29.2 Å². The minimum Gasteiger partial charge on any atom is -0.472 e. The van der Waals surface area contributed by atoms with Gasteiger partial charge in [0.2, 0.25) is 0 Å². The molecule has 0 aromatic carbocycles. The molecule has 0 bridgehead atoms. The average molecular weight is 235 g/mol. The van der Waals surface area contributed by atoms with Crippen LogP contribution in [0.1, 0.15) is 48.1 Å². The van der Waals surface area contributed by atoms with Crippen LogP contribution < -0.4 is 0 Å². The van der Waals surface area contributed by atoms with Crippen molar-refractivity contribution in [1.82, 2.24) is 4.98 Å². The van der Waals surface area contributed by atoms with Gasteiger partial charge in [-0.05, 0) is 24.0 Å². The van der Waals surface area contributed by atoms with Crippen molar-refractivity contribution in [2.45, 2.75) is 39.0 Å². The standard InChI is InChI=1S/C13H17NOS/c1-9(2)13-14-7-12(16-13)6-10(3)11-4-5-15-8-11/h4-5,7-10H,6H2,1-3H3. The van der Waals surface area contributed by atoms with Crippen LogP contribution in [0.25, 0.3) is 0 Å². The van der Waals surface area contributed by atoms with Crippen LogP contribution in [0, 0.1) is 0 Å². The third-order valence-electron chi connectivity index (χ3n) is 2.68. The smallest absolute Gasteiger partial charge is 0.0953 e. The number of hydrogen-bond acceptors (Lipinski definition) is 3. The van der Waals surface area contributed by atoms with Crippen LogP contribution in [-0.2, 0) is 6.42 Å². The van der Waals surface area contributed by atoms with Crippen molar-refractivity contribution >= 4 is 11.3 Å². The minimum absolute atomic E-state index is 0.499. The molecule has 2 rings (SSSR count). The summed E-state index contributed by atoms with van der Waals surface area (Å²) in [5.41, 5.74) is 1.26. The maximum atomic E-state index is 5.10. The minimum atomic E-state index is 0.499. The summed E-state index contributed by atoms with van der Waals surface area (Å²) in [5, 5.41) is 1.23. The topological polar surface area (TPSA) is 26.0 Å². The first kappa shape index (κ1) is 11.4. The quantitative estimate of drug-likeness (QED) is 0.793. The summed E-state index contributed by atoms with van der Waals surface area (Å²) in [6, 6.07) is 2.04. The van der Waals surface area contributed by atoms with Gasteiger partial charge in [-0.1, -0.05) is 20.8 Å². The molecule has 1 unspecified atom stereocenters. The van der Waals surface area contributed by atoms with E-state index in [1.807, 2.05) is 29.9 Å². The van der Waals surface area contributed by atoms with Crippen LogP contribution in [0.5, 0.6) is 0 Å². The van der Waals surface area contributed by atoms with Crippen molar-refractivity contribution in [2.24, 2.45) is 0 Å². The summed E-state index contributed by atoms with van der Waals surface area (Å²) >= 11 is 1.82. The highest BCUT2D eigenvalue weighted by Gasteiger charge is 2.11. The highest BCUT2D eigenvalue weighted by molar-refractivity contribution is 7.11. The van der Waals surface area contributed by atoms with E-state index in [0.717, 1.165) is 6.42 Å². The zero-order valence-electron chi connectivity index (χ0n) is 9.93. The van der Waals surface area contributed by atoms with Crippen molar-refractivity contribution in [3.63, 3.8) is 0 Å². The van der Waals surface area contributed by atoms with E-state index in [1.54, 1.807) is 6.26 Å². The largest absolute Gasteiger partial charge is 0.472 e. The Morgan fingerprint density at radius 2 is 2.19 bits per heavy atom. The molecule has 0 aliphatic rings. The predicted molar refractivity (Wildman–Crippen MR) is 67.0 cm³/mol. The number of thiazole rings is 1. The Morgan fingerprint density at radius 1 is 1.38 bits per heavy atom. The number of furan rings is 1. The second kappa shape index (κ2) is 4.83. The molecule has 0 amide bonds. The molecule has 0 radical (unpaired) electrons. The molecular weight excluding hydrogens is 218 g/mol. The average Bonchev–Trinajstić information content (AvgIpc) is 2.87. The Labute approximate surface area is 100 Å². The molecule has 0 N–H and O–H groups in total. The van der Waals surface area contributed by atoms with E-state index < -0.39 is 0 Å². The lowest BCUT2D eigenvalue weighted by Gasteiger charge is -2.06. The fourth-order valence-corrected chi connectivity index (χ4v) is 2.71. The Morgan fingerprint density at radius 3 is 2.75 bits per heavy atom. The van der Waals surface area contributed by atoms with Gasteiger partial charge in [-0.2, -0.15) is 0 Å². The molecule has 2 aromatic rings. The molecule has 0 saturated carbocycles. The van der Waals surface area contributed by atoms with Crippen molar-refractivity contribution in [2.75, 3.05) is 0 Å². The molecule has 0 aliphatic heterocycles. The second-order valence-corrected chi connectivity index (χ2v) is 5.63. The van der Waals surface area contributed by atoms with E-state index in [0.29, 0.717) is 11.8 Å². The highest BCUT2D eigenvalue weighted by atomic mass is 32.1. The Hall–Kier alpha value is -1.09. The molecule has 2 nitrogen and oxygen atoms in total. The van der Waals surface area contributed by atoms with E-state index in [1.165, 1.54) is 15.4 Å². The lowest BCUT2D eigenvalue weighted by Crippen LogP contribution is -1.94. The van der Waals surface area contributed by atoms with Gasteiger partial charge in [-0.25, -0.2) is 4.98 Å². The van der Waals surface area contributed by atoms with E-state index in [9.17, 15) is 0 Å². The van der Waals surface area contributed by atoms with Crippen LogP contribution in [0.3, 0.4) is 0 Å². The number of aromatic nitrogens is 1. The highest BCUT2D eigenvalue weighted by Crippen LogP contribution is 2.26. The summed E-state index contributed by atoms with van der Waals surface area (Å²) in [4.78, 5) is 5.80. The number of hydrogen-bond donors (Lipinski definition) is 0. The van der Waals surface area contributed by atoms with Gasteiger partial charge in [-0.3, -0.25) is 0 Å². The molecule has 1 atom stereocenters. The molecular formula is C13H17NOS. The van der Waals surface area contributed by atoms with Gasteiger partial charge in [0, 0.05) is 17.0 Å². The lowest BCUT2D eigenvalue weighted by molar-refractivity contribution is 0.560. The molecule has 0 fully saturated rings. The first-order valence-corrected chi connectivity index (χ1v) is 6.45. The first-order chi connectivity index (χ1) is 7.66. The SMILES string of the molecule is CC(C)c1ncc(CC(C)c2ccoc2)s1. The van der Waals surface area contributed by atoms with Crippen molar-refractivity contribution in [3.05, 3.63) is 40.2 Å². The van der Waals surface area contributed by atoms with Crippen molar-refractivity contribution in [1.29, 1.82) is 0 Å². The summed E-state index contributed by atoms with van der Waals surface area (Å²) < 4.78 is 5.10. The van der Waals surface area contributed by atoms with E-state index in [2.05, 4.69) is 25.8 Å². The van der Waals surface area contributed by atoms with E-state index >= 15 is 0 Å². The zero-order chi connectivity index (χ0) is 11.5. The summed E-state index contributed by atoms with van der Waals surface area (Å²) in [5.74, 6) is 1.03. The molecule has 86 valence electrons. The molecule has 2 aromatic heterocycles. The maximum Gasteiger partial charge on any atom is 0.0953 e. The molecule has 0 aliphatic carbocycles. The van der Waals surface area contributed by atoms with E-state index in [4.69, 9.17) is 4.42 Å². The summed E-state index contributed by atoms with van der Waals surface area (Å²) in [6.07, 6.45) is 6.62. The lowest BCUT2D eigenvalue weighted by atomic mass is 10.0. The Bertz CT molecular complexity index is 430. The van der Waals surface area contributed by atoms with Gasteiger partial charge in [-0.15, -0.1) is 11.3 Å². The van der Waals surface area contributed by atoms with Gasteiger partial charge in [0.05, 0.1) is 17.5 Å². The van der Waals surface area contributed by atoms with Gasteiger partial charge in [0.15, 0.2) is 0 Å². The Kier molecular flexibility index (Phi) is 3.44. The van der Waals surface area contributed by atoms with Crippen molar-refractivity contribution in [3.8, 4) is 0 Å². The third kappa shape index (κ3) is 2.53. The molecule has 3 heteroatoms. The van der Waals surface area contributed by atoms with E-state index in [-0.39, 0.29) is 0 Å². The third-order valence-corrected chi connectivity index (χ3v) is 4.01. The summed E-state index contributed by atoms with van der Waals surface area (Å²) in [6.45, 7) is 6.59. The normalized spacial score (nSPS) is 13.2. The Balaban J connectivity index is 2.03. The van der Waals surface area contributed by atoms with Crippen LogP contribution in [0.4, 0.5) is 0 Å². The van der Waals surface area contributed by atoms with Gasteiger partial charge in [0.25, 0.3) is 0 Å². The van der Waals surface area contributed by atoms with Crippen LogP contribution in [0.2, 0.25) is 0 Å². The molecule has 2 heterocycles. The van der Waals surface area contributed by atoms with Gasteiger partial charge < -0.3 is 4.42 Å². The molecule has 16 heavy (non-hydrogen) atoms. The van der Waals surface area contributed by atoms with Gasteiger partial charge in [0.1, 0.15) is 0 Å². The predicted octanol–water partition coefficient (Wildman–Crippen LogP) is 4.21. The summed E-state index contributed by atoms with van der Waals surface area (Å²) in [7, 11) is 0. The zero-order valence-corrected chi connectivity index (χ0v) is 10.8. The second-order valence-electron chi connectivity index (χ2n) is 4.48. The van der Waals surface area contributed by atoms with Crippen molar-refractivity contribution < 1.29 is 4.42 Å². The maximum absolute atomic E-state index is 5.10. The van der Waals surface area contributed by atoms with Crippen LogP contribution in [-0.4, -0.2) is 4.98 Å². The fraction of sp³-hybridized carbons (Fsp3) is 0.462. The molecule has 0 spiro atoms. The van der Waals surface area contributed by atoms with Crippen LogP contribution >= 0.6 is 11.3 Å².